The van der Waals surface area contributed by atoms with E-state index in [-0.39, 0.29) is 11.8 Å². The van der Waals surface area contributed by atoms with Gasteiger partial charge in [0.05, 0.1) is 5.69 Å². The van der Waals surface area contributed by atoms with E-state index in [9.17, 15) is 9.59 Å². The van der Waals surface area contributed by atoms with Crippen LogP contribution < -0.4 is 10.8 Å². The molecule has 0 atom stereocenters. The van der Waals surface area contributed by atoms with Crippen LogP contribution in [0.2, 0.25) is 0 Å². The molecule has 6 nitrogen and oxygen atoms in total. The molecule has 8 heteroatoms. The van der Waals surface area contributed by atoms with Gasteiger partial charge in [0.25, 0.3) is 0 Å². The fraction of sp³-hybridized carbons (Fsp3) is 0.400. The Bertz CT molecular complexity index is 626. The molecule has 0 bridgehead atoms. The van der Waals surface area contributed by atoms with Crippen molar-refractivity contribution in [3.63, 3.8) is 0 Å². The molecule has 2 aromatic heterocycles. The monoisotopic (exact) mass is 353 g/mol. The van der Waals surface area contributed by atoms with E-state index in [1.807, 2.05) is 22.2 Å². The van der Waals surface area contributed by atoms with Crippen LogP contribution in [0.1, 0.15) is 38.5 Å². The van der Waals surface area contributed by atoms with Crippen molar-refractivity contribution >= 4 is 39.6 Å². The molecule has 2 heterocycles. The summed E-state index contributed by atoms with van der Waals surface area (Å²) in [6.07, 6.45) is 3.98. The molecule has 0 aliphatic carbocycles. The number of anilines is 1. The maximum absolute atomic E-state index is 11.9. The number of thiophene rings is 1. The summed E-state index contributed by atoms with van der Waals surface area (Å²) >= 11 is 3.04. The Morgan fingerprint density at radius 1 is 1.09 bits per heavy atom. The fourth-order valence-electron chi connectivity index (χ4n) is 2.04. The topological polar surface area (TPSA) is 91.3 Å². The van der Waals surface area contributed by atoms with Crippen LogP contribution in [0.15, 0.2) is 22.2 Å². The zero-order valence-corrected chi connectivity index (χ0v) is 14.2. The van der Waals surface area contributed by atoms with Gasteiger partial charge in [-0.25, -0.2) is 10.5 Å². The number of hydrogen-bond donors (Lipinski definition) is 3. The number of amides is 2. The van der Waals surface area contributed by atoms with Gasteiger partial charge >= 0.3 is 0 Å². The highest BCUT2D eigenvalue weighted by molar-refractivity contribution is 7.14. The molecule has 0 fully saturated rings. The van der Waals surface area contributed by atoms with E-state index in [0.717, 1.165) is 30.5 Å². The molecule has 0 unspecified atom stereocenters. The number of carbonyl (C=O) groups is 2. The third-order valence-corrected chi connectivity index (χ3v) is 4.69. The van der Waals surface area contributed by atoms with Gasteiger partial charge in [0, 0.05) is 29.2 Å². The first-order valence-corrected chi connectivity index (χ1v) is 9.22. The highest BCUT2D eigenvalue weighted by atomic mass is 32.1. The van der Waals surface area contributed by atoms with Crippen LogP contribution in [0.3, 0.4) is 0 Å². The van der Waals surface area contributed by atoms with Gasteiger partial charge in [-0.1, -0.05) is 12.8 Å². The lowest BCUT2D eigenvalue weighted by atomic mass is 10.1. The number of hydroxylamine groups is 1. The Balaban J connectivity index is 1.63. The molecule has 0 aliphatic rings. The van der Waals surface area contributed by atoms with Gasteiger partial charge in [0.1, 0.15) is 0 Å². The van der Waals surface area contributed by atoms with E-state index in [0.29, 0.717) is 24.4 Å². The molecule has 2 aromatic rings. The molecule has 0 saturated heterocycles. The predicted octanol–water partition coefficient (Wildman–Crippen LogP) is 3.66. The molecular weight excluding hydrogens is 334 g/mol. The van der Waals surface area contributed by atoms with Gasteiger partial charge in [0.15, 0.2) is 5.13 Å². The van der Waals surface area contributed by atoms with Crippen molar-refractivity contribution in [2.24, 2.45) is 0 Å². The SMILES string of the molecule is O=C(CCCCCCC(=O)Nc1nc(-c2ccsc2)cs1)NO. The highest BCUT2D eigenvalue weighted by Crippen LogP contribution is 2.26. The third kappa shape index (κ3) is 6.09. The van der Waals surface area contributed by atoms with E-state index < -0.39 is 0 Å². The van der Waals surface area contributed by atoms with Gasteiger partial charge in [0.2, 0.25) is 11.8 Å². The summed E-state index contributed by atoms with van der Waals surface area (Å²) < 4.78 is 0. The minimum atomic E-state index is -0.368. The fourth-order valence-corrected chi connectivity index (χ4v) is 3.42. The van der Waals surface area contributed by atoms with Crippen molar-refractivity contribution in [2.45, 2.75) is 38.5 Å². The Kier molecular flexibility index (Phi) is 7.18. The van der Waals surface area contributed by atoms with Crippen LogP contribution in [0, 0.1) is 0 Å². The van der Waals surface area contributed by atoms with Crippen LogP contribution in [-0.4, -0.2) is 22.0 Å². The van der Waals surface area contributed by atoms with Crippen LogP contribution in [0.25, 0.3) is 11.3 Å². The zero-order chi connectivity index (χ0) is 16.5. The summed E-state index contributed by atoms with van der Waals surface area (Å²) in [6.45, 7) is 0. The largest absolute Gasteiger partial charge is 0.302 e. The second-order valence-corrected chi connectivity index (χ2v) is 6.69. The lowest BCUT2D eigenvalue weighted by molar-refractivity contribution is -0.129. The first-order chi connectivity index (χ1) is 11.2. The smallest absolute Gasteiger partial charge is 0.243 e. The quantitative estimate of drug-likeness (QED) is 0.364. The van der Waals surface area contributed by atoms with Crippen molar-refractivity contribution in [2.75, 3.05) is 5.32 Å². The summed E-state index contributed by atoms with van der Waals surface area (Å²) in [5, 5.41) is 17.8. The molecule has 0 radical (unpaired) electrons. The minimum Gasteiger partial charge on any atom is -0.302 e. The van der Waals surface area contributed by atoms with E-state index in [2.05, 4.69) is 10.3 Å². The number of carbonyl (C=O) groups excluding carboxylic acids is 2. The Morgan fingerprint density at radius 2 is 1.83 bits per heavy atom. The average Bonchev–Trinajstić information content (AvgIpc) is 3.21. The van der Waals surface area contributed by atoms with Crippen molar-refractivity contribution < 1.29 is 14.8 Å². The van der Waals surface area contributed by atoms with E-state index in [1.165, 1.54) is 11.3 Å². The van der Waals surface area contributed by atoms with E-state index in [1.54, 1.807) is 16.8 Å². The van der Waals surface area contributed by atoms with Gasteiger partial charge in [-0.15, -0.1) is 11.3 Å². The molecule has 3 N–H and O–H groups in total. The average molecular weight is 353 g/mol. The summed E-state index contributed by atoms with van der Waals surface area (Å²) in [5.41, 5.74) is 3.56. The maximum Gasteiger partial charge on any atom is 0.243 e. The summed E-state index contributed by atoms with van der Waals surface area (Å²) in [7, 11) is 0. The first-order valence-electron chi connectivity index (χ1n) is 7.40. The van der Waals surface area contributed by atoms with Gasteiger partial charge in [-0.05, 0) is 24.3 Å². The minimum absolute atomic E-state index is 0.0377. The molecule has 0 spiro atoms. The number of unbranched alkanes of at least 4 members (excludes halogenated alkanes) is 3. The number of aromatic nitrogens is 1. The van der Waals surface area contributed by atoms with Crippen molar-refractivity contribution in [3.05, 3.63) is 22.2 Å². The molecule has 0 aromatic carbocycles. The molecule has 2 rings (SSSR count). The van der Waals surface area contributed by atoms with Crippen LogP contribution in [0.5, 0.6) is 0 Å². The van der Waals surface area contributed by atoms with E-state index >= 15 is 0 Å². The number of hydrogen-bond acceptors (Lipinski definition) is 6. The predicted molar refractivity (Wildman–Crippen MR) is 91.7 cm³/mol. The van der Waals surface area contributed by atoms with E-state index in [4.69, 9.17) is 5.21 Å². The van der Waals surface area contributed by atoms with Crippen LogP contribution in [-0.2, 0) is 9.59 Å². The first kappa shape index (κ1) is 17.6. The highest BCUT2D eigenvalue weighted by Gasteiger charge is 2.08. The van der Waals surface area contributed by atoms with Gasteiger partial charge in [-0.2, -0.15) is 11.3 Å². The molecule has 0 saturated carbocycles. The molecule has 124 valence electrons. The van der Waals surface area contributed by atoms with Gasteiger partial charge < -0.3 is 5.32 Å². The molecule has 23 heavy (non-hydrogen) atoms. The summed E-state index contributed by atoms with van der Waals surface area (Å²) in [5.74, 6) is -0.405. The number of nitrogens with zero attached hydrogens (tertiary/aromatic N) is 1. The zero-order valence-electron chi connectivity index (χ0n) is 12.6. The summed E-state index contributed by atoms with van der Waals surface area (Å²) in [6, 6.07) is 2.00. The maximum atomic E-state index is 11.9. The molecule has 0 aliphatic heterocycles. The third-order valence-electron chi connectivity index (χ3n) is 3.25. The Labute approximate surface area is 142 Å². The Hall–Kier alpha value is -1.77. The number of thiazole rings is 1. The van der Waals surface area contributed by atoms with Crippen molar-refractivity contribution in [3.8, 4) is 11.3 Å². The Morgan fingerprint density at radius 3 is 2.48 bits per heavy atom. The van der Waals surface area contributed by atoms with Crippen LogP contribution >= 0.6 is 22.7 Å². The number of rotatable bonds is 9. The molecule has 2 amide bonds. The lowest BCUT2D eigenvalue weighted by Crippen LogP contribution is -2.17. The van der Waals surface area contributed by atoms with Crippen molar-refractivity contribution in [1.82, 2.24) is 10.5 Å². The number of nitrogens with one attached hydrogen (secondary N) is 2. The second-order valence-electron chi connectivity index (χ2n) is 5.05. The molecular formula is C15H19N3O3S2. The second kappa shape index (κ2) is 9.39. The van der Waals surface area contributed by atoms with Crippen molar-refractivity contribution in [1.29, 1.82) is 0 Å². The lowest BCUT2D eigenvalue weighted by Gasteiger charge is -2.02. The normalized spacial score (nSPS) is 10.5. The summed E-state index contributed by atoms with van der Waals surface area (Å²) in [4.78, 5) is 27.1. The van der Waals surface area contributed by atoms with Gasteiger partial charge in [-0.3, -0.25) is 14.8 Å². The van der Waals surface area contributed by atoms with Crippen LogP contribution in [0.4, 0.5) is 5.13 Å². The standard InChI is InChI=1S/C15H19N3O3S2/c19-13(5-3-1-2-4-6-14(20)18-21)17-15-16-12(10-23-15)11-7-8-22-9-11/h7-10,21H,1-6H2,(H,18,20)(H,16,17,19).